The molecule has 1 fully saturated rings. The standard InChI is InChI=1S/C12H20N4O2S/c1-9-4-3-5-10(2)16(9)15-19(17,18)12-8-14-7-6-11(12)13/h6-10,15H,3-5H2,1-2H3,(H2,13,14). The first-order valence-corrected chi connectivity index (χ1v) is 7.90. The van der Waals surface area contributed by atoms with Crippen LogP contribution in [-0.4, -0.2) is 30.5 Å². The number of nitrogens with two attached hydrogens (primary N) is 1. The van der Waals surface area contributed by atoms with Gasteiger partial charge in [-0.1, -0.05) is 6.42 Å². The van der Waals surface area contributed by atoms with Crippen molar-refractivity contribution >= 4 is 15.7 Å². The molecule has 2 atom stereocenters. The molecule has 7 heteroatoms. The summed E-state index contributed by atoms with van der Waals surface area (Å²) in [5, 5.41) is 1.80. The van der Waals surface area contributed by atoms with E-state index >= 15 is 0 Å². The van der Waals surface area contributed by atoms with Crippen LogP contribution in [0.2, 0.25) is 0 Å². The summed E-state index contributed by atoms with van der Waals surface area (Å²) in [6.07, 6.45) is 5.83. The predicted molar refractivity (Wildman–Crippen MR) is 73.6 cm³/mol. The largest absolute Gasteiger partial charge is 0.398 e. The zero-order chi connectivity index (χ0) is 14.0. The second-order valence-corrected chi connectivity index (χ2v) is 6.67. The van der Waals surface area contributed by atoms with Crippen LogP contribution in [0.25, 0.3) is 0 Å². The van der Waals surface area contributed by atoms with Crippen LogP contribution in [0.15, 0.2) is 23.4 Å². The maximum atomic E-state index is 12.3. The Labute approximate surface area is 114 Å². The average molecular weight is 284 g/mol. The molecule has 0 aromatic carbocycles. The Morgan fingerprint density at radius 2 is 2.00 bits per heavy atom. The lowest BCUT2D eigenvalue weighted by Gasteiger charge is -2.38. The molecule has 3 N–H and O–H groups in total. The third-order valence-corrected chi connectivity index (χ3v) is 4.90. The van der Waals surface area contributed by atoms with E-state index in [1.165, 1.54) is 18.5 Å². The number of hydrogen-bond donors (Lipinski definition) is 2. The minimum absolute atomic E-state index is 0.0278. The predicted octanol–water partition coefficient (Wildman–Crippen LogP) is 1.12. The second kappa shape index (κ2) is 5.44. The number of pyridine rings is 1. The van der Waals surface area contributed by atoms with Crippen LogP contribution in [0.1, 0.15) is 33.1 Å². The number of nitrogen functional groups attached to an aromatic ring is 1. The number of aromatic nitrogens is 1. The van der Waals surface area contributed by atoms with E-state index in [-0.39, 0.29) is 22.7 Å². The van der Waals surface area contributed by atoms with Crippen molar-refractivity contribution in [3.8, 4) is 0 Å². The summed E-state index contributed by atoms with van der Waals surface area (Å²) >= 11 is 0. The molecule has 0 aliphatic carbocycles. The summed E-state index contributed by atoms with van der Waals surface area (Å²) in [6.45, 7) is 4.04. The summed E-state index contributed by atoms with van der Waals surface area (Å²) in [6, 6.07) is 1.84. The van der Waals surface area contributed by atoms with Crippen molar-refractivity contribution in [1.82, 2.24) is 14.8 Å². The van der Waals surface area contributed by atoms with Gasteiger partial charge >= 0.3 is 0 Å². The molecular formula is C12H20N4O2S. The smallest absolute Gasteiger partial charge is 0.257 e. The SMILES string of the molecule is CC1CCCC(C)N1NS(=O)(=O)c1cnccc1N. The highest BCUT2D eigenvalue weighted by Crippen LogP contribution is 2.23. The Hall–Kier alpha value is -1.18. The lowest BCUT2D eigenvalue weighted by molar-refractivity contribution is 0.0790. The summed E-state index contributed by atoms with van der Waals surface area (Å²) < 4.78 is 24.7. The van der Waals surface area contributed by atoms with E-state index in [9.17, 15) is 8.42 Å². The maximum absolute atomic E-state index is 12.3. The van der Waals surface area contributed by atoms with Crippen molar-refractivity contribution in [1.29, 1.82) is 0 Å². The van der Waals surface area contributed by atoms with Gasteiger partial charge in [-0.2, -0.15) is 0 Å². The molecule has 6 nitrogen and oxygen atoms in total. The highest BCUT2D eigenvalue weighted by molar-refractivity contribution is 7.89. The van der Waals surface area contributed by atoms with Gasteiger partial charge < -0.3 is 5.73 Å². The van der Waals surface area contributed by atoms with Crippen LogP contribution in [0.5, 0.6) is 0 Å². The number of rotatable bonds is 3. The Kier molecular flexibility index (Phi) is 4.07. The summed E-state index contributed by atoms with van der Waals surface area (Å²) in [5.74, 6) is 0. The molecule has 1 saturated heterocycles. The molecule has 2 rings (SSSR count). The van der Waals surface area contributed by atoms with Crippen molar-refractivity contribution in [2.75, 3.05) is 5.73 Å². The number of piperidine rings is 1. The van der Waals surface area contributed by atoms with E-state index in [1.54, 1.807) is 5.01 Å². The molecule has 2 unspecified atom stereocenters. The topological polar surface area (TPSA) is 88.3 Å². The van der Waals surface area contributed by atoms with Gasteiger partial charge in [-0.05, 0) is 32.8 Å². The highest BCUT2D eigenvalue weighted by atomic mass is 32.2. The van der Waals surface area contributed by atoms with Crippen molar-refractivity contribution in [2.24, 2.45) is 0 Å². The van der Waals surface area contributed by atoms with E-state index in [4.69, 9.17) is 5.73 Å². The number of sulfonamides is 1. The van der Waals surface area contributed by atoms with Gasteiger partial charge in [0, 0.05) is 24.5 Å². The molecule has 1 aliphatic rings. The molecule has 0 amide bonds. The first kappa shape index (κ1) is 14.2. The monoisotopic (exact) mass is 284 g/mol. The van der Waals surface area contributed by atoms with Crippen LogP contribution < -0.4 is 10.6 Å². The lowest BCUT2D eigenvalue weighted by atomic mass is 10.0. The van der Waals surface area contributed by atoms with Gasteiger partial charge in [-0.25, -0.2) is 13.4 Å². The molecule has 106 valence electrons. The summed E-state index contributed by atoms with van der Waals surface area (Å²) in [4.78, 5) is 6.49. The summed E-state index contributed by atoms with van der Waals surface area (Å²) in [5.41, 5.74) is 5.91. The highest BCUT2D eigenvalue weighted by Gasteiger charge is 2.29. The van der Waals surface area contributed by atoms with Gasteiger partial charge in [-0.15, -0.1) is 4.83 Å². The summed E-state index contributed by atoms with van der Waals surface area (Å²) in [7, 11) is -3.67. The average Bonchev–Trinajstić information content (AvgIpc) is 2.34. The van der Waals surface area contributed by atoms with Gasteiger partial charge in [0.1, 0.15) is 4.90 Å². The molecule has 19 heavy (non-hydrogen) atoms. The number of hydrogen-bond acceptors (Lipinski definition) is 5. The van der Waals surface area contributed by atoms with Gasteiger partial charge in [0.2, 0.25) is 0 Å². The van der Waals surface area contributed by atoms with Gasteiger partial charge in [0.15, 0.2) is 0 Å². The van der Waals surface area contributed by atoms with Gasteiger partial charge in [0.05, 0.1) is 5.69 Å². The zero-order valence-corrected chi connectivity index (χ0v) is 12.0. The van der Waals surface area contributed by atoms with Crippen molar-refractivity contribution < 1.29 is 8.42 Å². The maximum Gasteiger partial charge on any atom is 0.257 e. The minimum atomic E-state index is -3.67. The molecule has 0 radical (unpaired) electrons. The fourth-order valence-electron chi connectivity index (χ4n) is 2.40. The Morgan fingerprint density at radius 1 is 1.37 bits per heavy atom. The molecule has 1 aliphatic heterocycles. The van der Waals surface area contributed by atoms with Crippen molar-refractivity contribution in [2.45, 2.75) is 50.1 Å². The van der Waals surface area contributed by atoms with Gasteiger partial charge in [0.25, 0.3) is 10.0 Å². The van der Waals surface area contributed by atoms with Crippen LogP contribution in [0, 0.1) is 0 Å². The second-order valence-electron chi connectivity index (χ2n) is 5.04. The molecule has 0 bridgehead atoms. The number of nitrogens with one attached hydrogen (secondary N) is 1. The van der Waals surface area contributed by atoms with E-state index in [0.29, 0.717) is 0 Å². The van der Waals surface area contributed by atoms with E-state index in [0.717, 1.165) is 19.3 Å². The number of nitrogens with zero attached hydrogens (tertiary/aromatic N) is 2. The Bertz CT molecular complexity index is 536. The Morgan fingerprint density at radius 3 is 2.58 bits per heavy atom. The molecular weight excluding hydrogens is 264 g/mol. The fourth-order valence-corrected chi connectivity index (χ4v) is 3.72. The number of anilines is 1. The van der Waals surface area contributed by atoms with Crippen LogP contribution in [0.3, 0.4) is 0 Å². The number of hydrazine groups is 1. The zero-order valence-electron chi connectivity index (χ0n) is 11.2. The van der Waals surface area contributed by atoms with Crippen LogP contribution in [0.4, 0.5) is 5.69 Å². The molecule has 0 spiro atoms. The molecule has 1 aromatic heterocycles. The first-order valence-electron chi connectivity index (χ1n) is 6.42. The van der Waals surface area contributed by atoms with Crippen molar-refractivity contribution in [3.63, 3.8) is 0 Å². The quantitative estimate of drug-likeness (QED) is 0.868. The third-order valence-electron chi connectivity index (χ3n) is 3.53. The van der Waals surface area contributed by atoms with Crippen LogP contribution in [-0.2, 0) is 10.0 Å². The molecule has 0 saturated carbocycles. The Balaban J connectivity index is 2.24. The first-order chi connectivity index (χ1) is 8.92. The molecule has 2 heterocycles. The van der Waals surface area contributed by atoms with E-state index in [2.05, 4.69) is 9.82 Å². The normalized spacial score (nSPS) is 25.4. The minimum Gasteiger partial charge on any atom is -0.398 e. The van der Waals surface area contributed by atoms with E-state index < -0.39 is 10.0 Å². The van der Waals surface area contributed by atoms with Crippen molar-refractivity contribution in [3.05, 3.63) is 18.5 Å². The van der Waals surface area contributed by atoms with Crippen LogP contribution >= 0.6 is 0 Å². The third kappa shape index (κ3) is 3.05. The lowest BCUT2D eigenvalue weighted by Crippen LogP contribution is -2.54. The molecule has 1 aromatic rings. The fraction of sp³-hybridized carbons (Fsp3) is 0.583. The van der Waals surface area contributed by atoms with Gasteiger partial charge in [-0.3, -0.25) is 4.98 Å². The van der Waals surface area contributed by atoms with E-state index in [1.807, 2.05) is 13.8 Å².